The number of esters is 2. The SMILES string of the molecule is C=C(C)C(=O)Oc1ccc(N=Nc2ccc(-c3ccc(N=Nc4ccc(OC(=O)C(=C)C)c(C(F)(F)F)c4)c(S(=O)(=O)O)c3)cc2)cc1C. The number of ether oxygens (including phenoxy) is 2. The number of alkyl halides is 3. The van der Waals surface area contributed by atoms with E-state index in [2.05, 4.69) is 33.6 Å². The Morgan fingerprint density at radius 1 is 0.694 bits per heavy atom. The van der Waals surface area contributed by atoms with Gasteiger partial charge in [-0.1, -0.05) is 31.4 Å². The molecule has 0 spiro atoms. The van der Waals surface area contributed by atoms with Crippen LogP contribution in [0.2, 0.25) is 0 Å². The van der Waals surface area contributed by atoms with Crippen LogP contribution in [-0.2, 0) is 25.9 Å². The number of rotatable bonds is 10. The molecule has 0 saturated carbocycles. The quantitative estimate of drug-likeness (QED) is 0.0570. The summed E-state index contributed by atoms with van der Waals surface area (Å²) in [6.45, 7) is 11.4. The van der Waals surface area contributed by atoms with E-state index in [1.165, 1.54) is 19.1 Å². The van der Waals surface area contributed by atoms with Gasteiger partial charge in [-0.2, -0.15) is 36.9 Å². The number of hydrogen-bond donors (Lipinski definition) is 1. The summed E-state index contributed by atoms with van der Waals surface area (Å²) in [6, 6.07) is 17.7. The van der Waals surface area contributed by atoms with E-state index in [-0.39, 0.29) is 22.5 Å². The highest BCUT2D eigenvalue weighted by molar-refractivity contribution is 7.86. The molecule has 49 heavy (non-hydrogen) atoms. The first-order chi connectivity index (χ1) is 22.9. The predicted octanol–water partition coefficient (Wildman–Crippen LogP) is 9.72. The van der Waals surface area contributed by atoms with Gasteiger partial charge in [-0.05, 0) is 98.1 Å². The van der Waals surface area contributed by atoms with Crippen molar-refractivity contribution in [1.82, 2.24) is 0 Å². The number of carbonyl (C=O) groups is 2. The summed E-state index contributed by atoms with van der Waals surface area (Å²) in [5, 5.41) is 15.8. The average Bonchev–Trinajstić information content (AvgIpc) is 3.03. The molecule has 0 radical (unpaired) electrons. The molecule has 4 aromatic carbocycles. The van der Waals surface area contributed by atoms with Gasteiger partial charge in [-0.25, -0.2) is 9.59 Å². The monoisotopic (exact) mass is 692 g/mol. The molecule has 0 aromatic heterocycles. The second-order valence-corrected chi connectivity index (χ2v) is 12.0. The molecule has 252 valence electrons. The second-order valence-electron chi connectivity index (χ2n) is 10.6. The summed E-state index contributed by atoms with van der Waals surface area (Å²) in [5.74, 6) is -2.02. The van der Waals surface area contributed by atoms with E-state index in [1.807, 2.05) is 0 Å². The number of aryl methyl sites for hydroxylation is 1. The fraction of sp³-hybridized carbons (Fsp3) is 0.118. The summed E-state index contributed by atoms with van der Waals surface area (Å²) < 4.78 is 85.4. The Bertz CT molecular complexity index is 2140. The molecule has 15 heteroatoms. The Hall–Kier alpha value is -5.80. The molecular weight excluding hydrogens is 665 g/mol. The van der Waals surface area contributed by atoms with Crippen LogP contribution in [0.4, 0.5) is 35.9 Å². The van der Waals surface area contributed by atoms with Crippen molar-refractivity contribution in [2.75, 3.05) is 0 Å². The molecule has 0 aliphatic rings. The number of carbonyl (C=O) groups excluding carboxylic acids is 2. The molecule has 0 saturated heterocycles. The Labute approximate surface area is 278 Å². The van der Waals surface area contributed by atoms with Crippen LogP contribution < -0.4 is 9.47 Å². The topological polar surface area (TPSA) is 156 Å². The van der Waals surface area contributed by atoms with E-state index in [4.69, 9.17) is 9.47 Å². The van der Waals surface area contributed by atoms with Crippen LogP contribution in [-0.4, -0.2) is 24.9 Å². The van der Waals surface area contributed by atoms with Gasteiger partial charge in [0.05, 0.1) is 17.1 Å². The molecule has 0 fully saturated rings. The number of azo groups is 2. The van der Waals surface area contributed by atoms with Crippen LogP contribution in [0.25, 0.3) is 11.1 Å². The van der Waals surface area contributed by atoms with Crippen molar-refractivity contribution in [3.63, 3.8) is 0 Å². The van der Waals surface area contributed by atoms with Gasteiger partial charge < -0.3 is 9.47 Å². The maximum atomic E-state index is 13.7. The maximum absolute atomic E-state index is 13.7. The van der Waals surface area contributed by atoms with Crippen LogP contribution in [0, 0.1) is 6.92 Å². The Balaban J connectivity index is 1.56. The molecule has 4 aromatic rings. The van der Waals surface area contributed by atoms with Crippen molar-refractivity contribution in [2.45, 2.75) is 31.8 Å². The largest absolute Gasteiger partial charge is 0.423 e. The molecule has 4 rings (SSSR count). The first kappa shape index (κ1) is 36.0. The van der Waals surface area contributed by atoms with Crippen LogP contribution in [0.15, 0.2) is 129 Å². The van der Waals surface area contributed by atoms with Crippen LogP contribution in [0.1, 0.15) is 25.0 Å². The van der Waals surface area contributed by atoms with E-state index in [0.717, 1.165) is 18.2 Å². The fourth-order valence-electron chi connectivity index (χ4n) is 4.01. The minimum absolute atomic E-state index is 0.112. The lowest BCUT2D eigenvalue weighted by molar-refractivity contribution is -0.141. The zero-order valence-corrected chi connectivity index (χ0v) is 27.0. The van der Waals surface area contributed by atoms with Gasteiger partial charge in [0.2, 0.25) is 0 Å². The lowest BCUT2D eigenvalue weighted by Crippen LogP contribution is -2.13. The molecule has 1 N–H and O–H groups in total. The molecule has 0 unspecified atom stereocenters. The smallest absolute Gasteiger partial charge is 0.420 e. The van der Waals surface area contributed by atoms with E-state index in [9.17, 15) is 35.7 Å². The minimum Gasteiger partial charge on any atom is -0.423 e. The van der Waals surface area contributed by atoms with E-state index in [0.29, 0.717) is 39.9 Å². The van der Waals surface area contributed by atoms with Crippen LogP contribution in [0.5, 0.6) is 11.5 Å². The lowest BCUT2D eigenvalue weighted by atomic mass is 10.1. The number of nitrogens with zero attached hydrogens (tertiary/aromatic N) is 4. The van der Waals surface area contributed by atoms with Crippen molar-refractivity contribution >= 4 is 44.8 Å². The molecule has 0 aliphatic carbocycles. The molecular formula is C34H27F3N4O7S. The normalized spacial score (nSPS) is 11.9. The molecule has 0 heterocycles. The summed E-state index contributed by atoms with van der Waals surface area (Å²) >= 11 is 0. The first-order valence-electron chi connectivity index (χ1n) is 14.0. The number of halogens is 3. The van der Waals surface area contributed by atoms with E-state index >= 15 is 0 Å². The molecule has 11 nitrogen and oxygen atoms in total. The van der Waals surface area contributed by atoms with Gasteiger partial charge in [0, 0.05) is 11.1 Å². The standard InChI is InChI=1S/C34H27F3N4O7S/c1-19(2)32(42)47-29-14-11-25(16-21(29)5)39-38-24-9-6-22(7-10-24)23-8-13-28(31(17-23)49(44,45)46)41-40-26-12-15-30(48-33(43)20(3)4)27(18-26)34(35,36)37/h6-18H,1,3H2,2,4-5H3,(H,44,45,46). The highest BCUT2D eigenvalue weighted by atomic mass is 32.2. The first-order valence-corrected chi connectivity index (χ1v) is 15.5. The lowest BCUT2D eigenvalue weighted by Gasteiger charge is -2.13. The zero-order valence-electron chi connectivity index (χ0n) is 26.1. The third-order valence-electron chi connectivity index (χ3n) is 6.52. The molecule has 0 bridgehead atoms. The Morgan fingerprint density at radius 3 is 1.73 bits per heavy atom. The van der Waals surface area contributed by atoms with Gasteiger partial charge in [0.1, 0.15) is 27.6 Å². The van der Waals surface area contributed by atoms with E-state index < -0.39 is 44.4 Å². The highest BCUT2D eigenvalue weighted by Crippen LogP contribution is 2.40. The predicted molar refractivity (Wildman–Crippen MR) is 174 cm³/mol. The maximum Gasteiger partial charge on any atom is 0.420 e. The number of hydrogen-bond acceptors (Lipinski definition) is 10. The molecule has 0 aliphatic heterocycles. The molecule has 0 amide bonds. The Morgan fingerprint density at radius 2 is 1.18 bits per heavy atom. The van der Waals surface area contributed by atoms with Crippen molar-refractivity contribution in [2.24, 2.45) is 20.5 Å². The number of benzene rings is 4. The minimum atomic E-state index is -4.93. The van der Waals surface area contributed by atoms with Crippen molar-refractivity contribution in [3.8, 4) is 22.6 Å². The average molecular weight is 693 g/mol. The summed E-state index contributed by atoms with van der Waals surface area (Å²) in [6.07, 6.45) is -4.93. The third kappa shape index (κ3) is 9.39. The molecule has 0 atom stereocenters. The summed E-state index contributed by atoms with van der Waals surface area (Å²) in [4.78, 5) is 22.9. The van der Waals surface area contributed by atoms with Crippen molar-refractivity contribution in [3.05, 3.63) is 114 Å². The Kier molecular flexibility index (Phi) is 10.7. The third-order valence-corrected chi connectivity index (χ3v) is 7.40. The fourth-order valence-corrected chi connectivity index (χ4v) is 4.65. The van der Waals surface area contributed by atoms with Gasteiger partial charge in [-0.15, -0.1) is 5.11 Å². The second kappa shape index (κ2) is 14.5. The van der Waals surface area contributed by atoms with Crippen molar-refractivity contribution < 1.29 is 45.2 Å². The zero-order chi connectivity index (χ0) is 36.1. The van der Waals surface area contributed by atoms with Gasteiger partial charge >= 0.3 is 18.1 Å². The van der Waals surface area contributed by atoms with Crippen molar-refractivity contribution in [1.29, 1.82) is 0 Å². The van der Waals surface area contributed by atoms with Gasteiger partial charge in [0.25, 0.3) is 10.1 Å². The van der Waals surface area contributed by atoms with Gasteiger partial charge in [-0.3, -0.25) is 4.55 Å². The van der Waals surface area contributed by atoms with E-state index in [1.54, 1.807) is 56.3 Å². The van der Waals surface area contributed by atoms with Crippen LogP contribution >= 0.6 is 0 Å². The van der Waals surface area contributed by atoms with Gasteiger partial charge in [0.15, 0.2) is 0 Å². The highest BCUT2D eigenvalue weighted by Gasteiger charge is 2.35. The van der Waals surface area contributed by atoms with Crippen LogP contribution in [0.3, 0.4) is 0 Å². The summed E-state index contributed by atoms with van der Waals surface area (Å²) in [7, 11) is -4.86. The summed E-state index contributed by atoms with van der Waals surface area (Å²) in [5.41, 5.74) is 0.639.